The SMILES string of the molecule is COc1ccc(-c2ccc3ncc(-c4ccccc4)c(OCCC4CCCCN4)c3c2)cc1. The number of rotatable bonds is 7. The molecule has 1 aliphatic rings. The zero-order valence-electron chi connectivity index (χ0n) is 19.1. The van der Waals surface area contributed by atoms with Gasteiger partial charge in [-0.2, -0.15) is 0 Å². The minimum atomic E-state index is 0.543. The van der Waals surface area contributed by atoms with Crippen LogP contribution in [0.1, 0.15) is 25.7 Å². The largest absolute Gasteiger partial charge is 0.497 e. The molecule has 3 aromatic carbocycles. The van der Waals surface area contributed by atoms with Gasteiger partial charge in [0.15, 0.2) is 0 Å². The van der Waals surface area contributed by atoms with Crippen LogP contribution >= 0.6 is 0 Å². The van der Waals surface area contributed by atoms with Crippen LogP contribution in [0.15, 0.2) is 79.0 Å². The zero-order valence-corrected chi connectivity index (χ0v) is 19.1. The highest BCUT2D eigenvalue weighted by Gasteiger charge is 2.16. The number of piperidine rings is 1. The Morgan fingerprint density at radius 3 is 2.48 bits per heavy atom. The maximum atomic E-state index is 6.53. The third-order valence-corrected chi connectivity index (χ3v) is 6.45. The summed E-state index contributed by atoms with van der Waals surface area (Å²) in [7, 11) is 1.69. The second-order valence-corrected chi connectivity index (χ2v) is 8.61. The molecule has 0 radical (unpaired) electrons. The summed E-state index contributed by atoms with van der Waals surface area (Å²) in [6, 6.07) is 25.5. The molecule has 5 rings (SSSR count). The van der Waals surface area contributed by atoms with Crippen LogP contribution in [-0.4, -0.2) is 31.3 Å². The van der Waals surface area contributed by atoms with Gasteiger partial charge in [0, 0.05) is 23.2 Å². The molecule has 0 saturated carbocycles. The van der Waals surface area contributed by atoms with E-state index in [1.165, 1.54) is 19.3 Å². The van der Waals surface area contributed by atoms with E-state index >= 15 is 0 Å². The van der Waals surface area contributed by atoms with Gasteiger partial charge in [-0.05, 0) is 66.8 Å². The van der Waals surface area contributed by atoms with Crippen LogP contribution in [-0.2, 0) is 0 Å². The Hall–Kier alpha value is -3.37. The Kier molecular flexibility index (Phi) is 6.54. The Balaban J connectivity index is 1.52. The van der Waals surface area contributed by atoms with Crippen molar-refractivity contribution in [2.75, 3.05) is 20.3 Å². The van der Waals surface area contributed by atoms with Crippen molar-refractivity contribution in [1.29, 1.82) is 0 Å². The summed E-state index contributed by atoms with van der Waals surface area (Å²) < 4.78 is 11.9. The van der Waals surface area contributed by atoms with Gasteiger partial charge in [0.25, 0.3) is 0 Å². The average Bonchev–Trinajstić information content (AvgIpc) is 2.89. The molecule has 1 saturated heterocycles. The zero-order chi connectivity index (χ0) is 22.5. The second-order valence-electron chi connectivity index (χ2n) is 8.61. The molecule has 1 unspecified atom stereocenters. The summed E-state index contributed by atoms with van der Waals surface area (Å²) in [5.41, 5.74) is 5.37. The molecule has 1 aliphatic heterocycles. The molecule has 2 heterocycles. The van der Waals surface area contributed by atoms with E-state index in [9.17, 15) is 0 Å². The van der Waals surface area contributed by atoms with Gasteiger partial charge in [0.1, 0.15) is 11.5 Å². The minimum Gasteiger partial charge on any atom is -0.497 e. The highest BCUT2D eigenvalue weighted by molar-refractivity contribution is 5.94. The fourth-order valence-corrected chi connectivity index (χ4v) is 4.58. The van der Waals surface area contributed by atoms with Crippen LogP contribution in [0, 0.1) is 0 Å². The predicted octanol–water partition coefficient (Wildman–Crippen LogP) is 6.49. The maximum Gasteiger partial charge on any atom is 0.138 e. The van der Waals surface area contributed by atoms with E-state index in [0.717, 1.165) is 57.6 Å². The molecule has 1 N–H and O–H groups in total. The van der Waals surface area contributed by atoms with Crippen molar-refractivity contribution in [1.82, 2.24) is 10.3 Å². The first-order valence-corrected chi connectivity index (χ1v) is 11.8. The highest BCUT2D eigenvalue weighted by atomic mass is 16.5. The predicted molar refractivity (Wildman–Crippen MR) is 135 cm³/mol. The summed E-state index contributed by atoms with van der Waals surface area (Å²) in [6.07, 6.45) is 6.76. The summed E-state index contributed by atoms with van der Waals surface area (Å²) in [5.74, 6) is 1.77. The van der Waals surface area contributed by atoms with Crippen LogP contribution < -0.4 is 14.8 Å². The third-order valence-electron chi connectivity index (χ3n) is 6.45. The highest BCUT2D eigenvalue weighted by Crippen LogP contribution is 2.38. The number of hydrogen-bond acceptors (Lipinski definition) is 4. The summed E-state index contributed by atoms with van der Waals surface area (Å²) in [4.78, 5) is 4.77. The van der Waals surface area contributed by atoms with Crippen molar-refractivity contribution < 1.29 is 9.47 Å². The number of benzene rings is 3. The van der Waals surface area contributed by atoms with Gasteiger partial charge in [-0.3, -0.25) is 4.98 Å². The van der Waals surface area contributed by atoms with Gasteiger partial charge in [0.2, 0.25) is 0 Å². The number of fused-ring (bicyclic) bond motifs is 1. The van der Waals surface area contributed by atoms with Crippen LogP contribution in [0.3, 0.4) is 0 Å². The maximum absolute atomic E-state index is 6.53. The molecular formula is C29H30N2O2. The fraction of sp³-hybridized carbons (Fsp3) is 0.276. The Labute approximate surface area is 195 Å². The number of nitrogens with one attached hydrogen (secondary N) is 1. The minimum absolute atomic E-state index is 0.543. The molecule has 4 aromatic rings. The molecule has 1 atom stereocenters. The lowest BCUT2D eigenvalue weighted by atomic mass is 9.99. The van der Waals surface area contributed by atoms with Crippen LogP contribution in [0.4, 0.5) is 0 Å². The summed E-state index contributed by atoms with van der Waals surface area (Å²) >= 11 is 0. The smallest absolute Gasteiger partial charge is 0.138 e. The molecule has 0 aliphatic carbocycles. The Bertz CT molecular complexity index is 1200. The number of methoxy groups -OCH3 is 1. The standard InChI is InChI=1S/C29H30N2O2/c1-32-25-13-10-21(11-14-25)23-12-15-28-26(19-23)29(33-18-16-24-9-5-6-17-30-24)27(20-31-28)22-7-3-2-4-8-22/h2-4,7-8,10-15,19-20,24,30H,5-6,9,16-18H2,1H3. The van der Waals surface area contributed by atoms with Gasteiger partial charge in [-0.25, -0.2) is 0 Å². The fourth-order valence-electron chi connectivity index (χ4n) is 4.58. The van der Waals surface area contributed by atoms with Crippen LogP contribution in [0.2, 0.25) is 0 Å². The molecule has 33 heavy (non-hydrogen) atoms. The van der Waals surface area contributed by atoms with E-state index in [2.05, 4.69) is 59.9 Å². The molecule has 0 amide bonds. The van der Waals surface area contributed by atoms with Gasteiger partial charge >= 0.3 is 0 Å². The van der Waals surface area contributed by atoms with Crippen molar-refractivity contribution in [2.45, 2.75) is 31.7 Å². The van der Waals surface area contributed by atoms with Crippen molar-refractivity contribution >= 4 is 10.9 Å². The number of aromatic nitrogens is 1. The number of pyridine rings is 1. The second kappa shape index (κ2) is 10.1. The molecular weight excluding hydrogens is 408 g/mol. The molecule has 0 bridgehead atoms. The first kappa shape index (κ1) is 21.5. The number of ether oxygens (including phenoxy) is 2. The molecule has 0 spiro atoms. The van der Waals surface area contributed by atoms with E-state index in [0.29, 0.717) is 12.6 Å². The molecule has 4 nitrogen and oxygen atoms in total. The number of nitrogens with zero attached hydrogens (tertiary/aromatic N) is 1. The Morgan fingerprint density at radius 1 is 0.909 bits per heavy atom. The van der Waals surface area contributed by atoms with Gasteiger partial charge in [0.05, 0.1) is 19.2 Å². The lowest BCUT2D eigenvalue weighted by molar-refractivity contribution is 0.271. The molecule has 1 fully saturated rings. The molecule has 4 heteroatoms. The van der Waals surface area contributed by atoms with Gasteiger partial charge in [-0.15, -0.1) is 0 Å². The van der Waals surface area contributed by atoms with Crippen molar-refractivity contribution in [3.8, 4) is 33.8 Å². The van der Waals surface area contributed by atoms with Crippen molar-refractivity contribution in [3.63, 3.8) is 0 Å². The lowest BCUT2D eigenvalue weighted by Gasteiger charge is -2.24. The molecule has 168 valence electrons. The van der Waals surface area contributed by atoms with Crippen molar-refractivity contribution in [2.24, 2.45) is 0 Å². The number of hydrogen-bond donors (Lipinski definition) is 1. The lowest BCUT2D eigenvalue weighted by Crippen LogP contribution is -2.35. The quantitative estimate of drug-likeness (QED) is 0.358. The average molecular weight is 439 g/mol. The van der Waals surface area contributed by atoms with E-state index in [-0.39, 0.29) is 0 Å². The monoisotopic (exact) mass is 438 g/mol. The van der Waals surface area contributed by atoms with Crippen LogP contribution in [0.5, 0.6) is 11.5 Å². The molecule has 1 aromatic heterocycles. The van der Waals surface area contributed by atoms with Crippen LogP contribution in [0.25, 0.3) is 33.2 Å². The van der Waals surface area contributed by atoms with E-state index in [1.54, 1.807) is 7.11 Å². The van der Waals surface area contributed by atoms with Gasteiger partial charge in [-0.1, -0.05) is 55.0 Å². The topological polar surface area (TPSA) is 43.4 Å². The summed E-state index contributed by atoms with van der Waals surface area (Å²) in [6.45, 7) is 1.80. The summed E-state index contributed by atoms with van der Waals surface area (Å²) in [5, 5.41) is 4.67. The normalized spacial score (nSPS) is 16.0. The third kappa shape index (κ3) is 4.86. The van der Waals surface area contributed by atoms with Crippen molar-refractivity contribution in [3.05, 3.63) is 79.0 Å². The first-order valence-electron chi connectivity index (χ1n) is 11.8. The van der Waals surface area contributed by atoms with E-state index in [4.69, 9.17) is 14.5 Å². The Morgan fingerprint density at radius 2 is 1.73 bits per heavy atom. The first-order chi connectivity index (χ1) is 16.3. The van der Waals surface area contributed by atoms with Gasteiger partial charge < -0.3 is 14.8 Å². The van der Waals surface area contributed by atoms with E-state index < -0.39 is 0 Å². The van der Waals surface area contributed by atoms with E-state index in [1.807, 2.05) is 24.4 Å².